The van der Waals surface area contributed by atoms with Gasteiger partial charge in [-0.15, -0.1) is 0 Å². The lowest BCUT2D eigenvalue weighted by Gasteiger charge is -2.40. The summed E-state index contributed by atoms with van der Waals surface area (Å²) in [5.41, 5.74) is 0. The number of rotatable bonds is 39. The molecule has 6 N–H and O–H groups in total. The Balaban J connectivity index is 2.23. The molecule has 0 saturated carbocycles. The third kappa shape index (κ3) is 29.4. The smallest absolute Gasteiger partial charge is 0.220 e. The highest BCUT2D eigenvalue weighted by atomic mass is 16.7. The molecule has 9 nitrogen and oxygen atoms in total. The molecule has 0 aromatic carbocycles. The Morgan fingerprint density at radius 2 is 1.03 bits per heavy atom. The Morgan fingerprint density at radius 3 is 1.57 bits per heavy atom. The molecule has 1 aliphatic rings. The molecule has 0 aliphatic carbocycles. The average molecular weight is 820 g/mol. The summed E-state index contributed by atoms with van der Waals surface area (Å²) in [6.07, 6.45) is 43.2. The van der Waals surface area contributed by atoms with Crippen LogP contribution in [-0.2, 0) is 14.3 Å². The van der Waals surface area contributed by atoms with E-state index in [4.69, 9.17) is 9.47 Å². The predicted octanol–water partition coefficient (Wildman–Crippen LogP) is 10.2. The molecule has 1 fully saturated rings. The van der Waals surface area contributed by atoms with Gasteiger partial charge in [0.2, 0.25) is 5.91 Å². The van der Waals surface area contributed by atoms with Crippen molar-refractivity contribution >= 4 is 5.91 Å². The van der Waals surface area contributed by atoms with Gasteiger partial charge in [0.05, 0.1) is 25.4 Å². The highest BCUT2D eigenvalue weighted by Crippen LogP contribution is 2.22. The van der Waals surface area contributed by atoms with Gasteiger partial charge in [0, 0.05) is 6.42 Å². The number of amides is 1. The first-order valence-electron chi connectivity index (χ1n) is 23.9. The van der Waals surface area contributed by atoms with Crippen molar-refractivity contribution in [1.82, 2.24) is 5.32 Å². The van der Waals surface area contributed by atoms with Crippen LogP contribution in [0.4, 0.5) is 0 Å². The molecular weight excluding hydrogens is 731 g/mol. The zero-order valence-electron chi connectivity index (χ0n) is 37.0. The molecule has 7 unspecified atom stereocenters. The molecule has 0 bridgehead atoms. The molecule has 1 saturated heterocycles. The number of carbonyl (C=O) groups excluding carboxylic acids is 1. The Labute approximate surface area is 354 Å². The third-order valence-electron chi connectivity index (χ3n) is 11.1. The van der Waals surface area contributed by atoms with Crippen molar-refractivity contribution in [3.05, 3.63) is 48.6 Å². The fourth-order valence-corrected chi connectivity index (χ4v) is 7.26. The van der Waals surface area contributed by atoms with E-state index < -0.39 is 49.5 Å². The van der Waals surface area contributed by atoms with Crippen LogP contribution in [0.2, 0.25) is 0 Å². The molecule has 7 atom stereocenters. The summed E-state index contributed by atoms with van der Waals surface area (Å²) in [7, 11) is 0. The molecule has 0 aromatic heterocycles. The van der Waals surface area contributed by atoms with E-state index in [-0.39, 0.29) is 12.5 Å². The predicted molar refractivity (Wildman–Crippen MR) is 239 cm³/mol. The minimum Gasteiger partial charge on any atom is -0.394 e. The van der Waals surface area contributed by atoms with Crippen molar-refractivity contribution in [2.24, 2.45) is 0 Å². The van der Waals surface area contributed by atoms with E-state index in [1.807, 2.05) is 6.08 Å². The number of unbranched alkanes of at least 4 members (excludes halogenated alkanes) is 23. The number of hydrogen-bond acceptors (Lipinski definition) is 8. The molecule has 338 valence electrons. The summed E-state index contributed by atoms with van der Waals surface area (Å²) in [5.74, 6) is -0.191. The normalized spacial score (nSPS) is 21.3. The Hall–Kier alpha value is -1.85. The van der Waals surface area contributed by atoms with E-state index in [9.17, 15) is 30.3 Å². The van der Waals surface area contributed by atoms with Gasteiger partial charge in [-0.3, -0.25) is 4.79 Å². The van der Waals surface area contributed by atoms with Crippen LogP contribution in [0.15, 0.2) is 48.6 Å². The van der Waals surface area contributed by atoms with Gasteiger partial charge in [0.15, 0.2) is 6.29 Å². The molecular formula is C49H89NO8. The zero-order chi connectivity index (χ0) is 42.3. The quantitative estimate of drug-likeness (QED) is 0.0265. The Bertz CT molecular complexity index is 1050. The lowest BCUT2D eigenvalue weighted by atomic mass is 9.99. The topological polar surface area (TPSA) is 149 Å². The molecule has 1 rings (SSSR count). The summed E-state index contributed by atoms with van der Waals surface area (Å²) in [5, 5.41) is 54.0. The van der Waals surface area contributed by atoms with E-state index in [1.54, 1.807) is 6.08 Å². The van der Waals surface area contributed by atoms with Gasteiger partial charge in [0.1, 0.15) is 24.4 Å². The van der Waals surface area contributed by atoms with Gasteiger partial charge < -0.3 is 40.3 Å². The average Bonchev–Trinajstić information content (AvgIpc) is 3.22. The van der Waals surface area contributed by atoms with E-state index in [1.165, 1.54) is 135 Å². The summed E-state index contributed by atoms with van der Waals surface area (Å²) < 4.78 is 11.2. The third-order valence-corrected chi connectivity index (χ3v) is 11.1. The van der Waals surface area contributed by atoms with E-state index in [0.29, 0.717) is 6.42 Å². The second kappa shape index (κ2) is 39.3. The summed E-state index contributed by atoms with van der Waals surface area (Å²) in [6, 6.07) is -0.820. The van der Waals surface area contributed by atoms with Crippen LogP contribution in [0.5, 0.6) is 0 Å². The lowest BCUT2D eigenvalue weighted by molar-refractivity contribution is -0.302. The maximum absolute atomic E-state index is 12.9. The highest BCUT2D eigenvalue weighted by Gasteiger charge is 2.44. The minimum absolute atomic E-state index is 0.191. The maximum Gasteiger partial charge on any atom is 0.220 e. The minimum atomic E-state index is -1.57. The van der Waals surface area contributed by atoms with E-state index >= 15 is 0 Å². The first-order valence-corrected chi connectivity index (χ1v) is 23.9. The van der Waals surface area contributed by atoms with Gasteiger partial charge in [0.25, 0.3) is 0 Å². The van der Waals surface area contributed by atoms with Crippen molar-refractivity contribution in [2.75, 3.05) is 13.2 Å². The van der Waals surface area contributed by atoms with Crippen molar-refractivity contribution < 1.29 is 39.8 Å². The molecule has 58 heavy (non-hydrogen) atoms. The van der Waals surface area contributed by atoms with Crippen LogP contribution in [0.25, 0.3) is 0 Å². The highest BCUT2D eigenvalue weighted by molar-refractivity contribution is 5.76. The van der Waals surface area contributed by atoms with Crippen molar-refractivity contribution in [2.45, 2.75) is 243 Å². The second-order valence-electron chi connectivity index (χ2n) is 16.5. The Kier molecular flexibility index (Phi) is 36.7. The number of hydrogen-bond donors (Lipinski definition) is 6. The molecule has 0 spiro atoms. The lowest BCUT2D eigenvalue weighted by Crippen LogP contribution is -2.60. The van der Waals surface area contributed by atoms with Crippen LogP contribution >= 0.6 is 0 Å². The fourth-order valence-electron chi connectivity index (χ4n) is 7.26. The van der Waals surface area contributed by atoms with Crippen molar-refractivity contribution in [1.29, 1.82) is 0 Å². The van der Waals surface area contributed by atoms with Crippen LogP contribution in [0.3, 0.4) is 0 Å². The molecule has 1 amide bonds. The largest absolute Gasteiger partial charge is 0.394 e. The number of carbonyl (C=O) groups is 1. The molecule has 1 aliphatic heterocycles. The van der Waals surface area contributed by atoms with Gasteiger partial charge in [-0.25, -0.2) is 0 Å². The van der Waals surface area contributed by atoms with E-state index in [0.717, 1.165) is 44.9 Å². The molecule has 9 heteroatoms. The van der Waals surface area contributed by atoms with Crippen LogP contribution in [0.1, 0.15) is 200 Å². The van der Waals surface area contributed by atoms with Gasteiger partial charge in [-0.1, -0.05) is 178 Å². The van der Waals surface area contributed by atoms with Crippen LogP contribution in [0, 0.1) is 0 Å². The Morgan fingerprint density at radius 1 is 0.586 bits per heavy atom. The number of allylic oxidation sites excluding steroid dienone is 7. The molecule has 0 radical (unpaired) electrons. The first-order chi connectivity index (χ1) is 28.3. The van der Waals surface area contributed by atoms with Crippen LogP contribution in [-0.4, -0.2) is 87.5 Å². The second-order valence-corrected chi connectivity index (χ2v) is 16.5. The van der Waals surface area contributed by atoms with Crippen LogP contribution < -0.4 is 5.32 Å². The summed E-state index contributed by atoms with van der Waals surface area (Å²) in [4.78, 5) is 12.9. The summed E-state index contributed by atoms with van der Waals surface area (Å²) in [6.45, 7) is 3.70. The van der Waals surface area contributed by atoms with E-state index in [2.05, 4.69) is 55.6 Å². The fraction of sp³-hybridized carbons (Fsp3) is 0.816. The monoisotopic (exact) mass is 820 g/mol. The standard InChI is InChI=1S/C49H89NO8/c1-3-5-7-9-11-13-15-16-17-18-19-20-21-22-23-24-25-26-27-28-29-31-33-35-37-39-45(53)50-42(41-57-49-48(56)47(55)46(54)44(40-51)58-49)43(52)38-36-34-32-30-14-12-10-8-6-4-2/h14-16,18-19,30,36,38,42-44,46-49,51-52,54-56H,3-13,17,20-29,31-35,37,39-41H2,1-2H3,(H,50,53)/b16-15-,19-18-,30-14+,38-36+. The van der Waals surface area contributed by atoms with Crippen molar-refractivity contribution in [3.63, 3.8) is 0 Å². The maximum atomic E-state index is 12.9. The SMILES string of the molecule is CCCCCC/C=C/CC/C=C/C(O)C(COC1OC(CO)C(O)C(O)C1O)NC(=O)CCCCCCCCCCCCCCC/C=C\C/C=C\CCCCCCC. The molecule has 1 heterocycles. The number of nitrogens with one attached hydrogen (secondary N) is 1. The number of ether oxygens (including phenoxy) is 2. The zero-order valence-corrected chi connectivity index (χ0v) is 37.0. The van der Waals surface area contributed by atoms with Gasteiger partial charge in [-0.2, -0.15) is 0 Å². The van der Waals surface area contributed by atoms with Gasteiger partial charge in [-0.05, 0) is 64.2 Å². The first kappa shape index (κ1) is 54.2. The molecule has 0 aromatic rings. The number of aliphatic hydroxyl groups is 5. The summed E-state index contributed by atoms with van der Waals surface area (Å²) >= 11 is 0. The number of aliphatic hydroxyl groups excluding tert-OH is 5. The van der Waals surface area contributed by atoms with Crippen molar-refractivity contribution in [3.8, 4) is 0 Å². The van der Waals surface area contributed by atoms with Gasteiger partial charge >= 0.3 is 0 Å².